The summed E-state index contributed by atoms with van der Waals surface area (Å²) in [7, 11) is 0. The highest BCUT2D eigenvalue weighted by Gasteiger charge is 2.05. The number of hydrogen-bond donors (Lipinski definition) is 0. The van der Waals surface area contributed by atoms with Gasteiger partial charge >= 0.3 is 0 Å². The van der Waals surface area contributed by atoms with Crippen LogP contribution in [0.25, 0.3) is 5.82 Å². The topological polar surface area (TPSA) is 30.7 Å². The molecule has 0 radical (unpaired) electrons. The summed E-state index contributed by atoms with van der Waals surface area (Å²) in [5, 5.41) is 5.13. The average Bonchev–Trinajstić information content (AvgIpc) is 2.66. The van der Waals surface area contributed by atoms with Gasteiger partial charge in [-0.3, -0.25) is 0 Å². The summed E-state index contributed by atoms with van der Waals surface area (Å²) in [4.78, 5) is 4.12. The molecule has 0 aromatic carbocycles. The molecule has 15 heavy (non-hydrogen) atoms. The van der Waals surface area contributed by atoms with Crippen molar-refractivity contribution < 1.29 is 0 Å². The van der Waals surface area contributed by atoms with E-state index in [1.165, 1.54) is 6.20 Å². The number of aromatic nitrogens is 3. The molecule has 2 heterocycles. The second kappa shape index (κ2) is 4.39. The van der Waals surface area contributed by atoms with Crippen LogP contribution in [0.3, 0.4) is 0 Å². The van der Waals surface area contributed by atoms with Gasteiger partial charge in [0.25, 0.3) is 0 Å². The molecule has 0 bridgehead atoms. The summed E-state index contributed by atoms with van der Waals surface area (Å²) in [5.41, 5.74) is 0.815. The second-order valence-corrected chi connectivity index (χ2v) is 3.98. The molecule has 0 fully saturated rings. The van der Waals surface area contributed by atoms with E-state index in [1.807, 2.05) is 0 Å². The van der Waals surface area contributed by atoms with E-state index >= 15 is 0 Å². The third-order valence-corrected chi connectivity index (χ3v) is 2.67. The number of alkyl halides is 1. The lowest BCUT2D eigenvalue weighted by atomic mass is 10.3. The molecule has 0 saturated heterocycles. The van der Waals surface area contributed by atoms with E-state index in [1.54, 1.807) is 23.1 Å². The van der Waals surface area contributed by atoms with Crippen LogP contribution in [0.4, 0.5) is 0 Å². The summed E-state index contributed by atoms with van der Waals surface area (Å²) >= 11 is 17.4. The van der Waals surface area contributed by atoms with Crippen molar-refractivity contribution in [3.8, 4) is 5.82 Å². The molecule has 3 nitrogen and oxygen atoms in total. The molecule has 0 unspecified atom stereocenters. The first-order chi connectivity index (χ1) is 7.20. The maximum absolute atomic E-state index is 5.89. The predicted molar refractivity (Wildman–Crippen MR) is 60.9 cm³/mol. The highest BCUT2D eigenvalue weighted by atomic mass is 35.5. The van der Waals surface area contributed by atoms with Crippen molar-refractivity contribution in [2.45, 2.75) is 5.88 Å². The molecule has 0 aliphatic heterocycles. The summed E-state index contributed by atoms with van der Waals surface area (Å²) in [5.74, 6) is 0.977. The molecule has 0 amide bonds. The number of halogens is 3. The molecule has 0 N–H and O–H groups in total. The van der Waals surface area contributed by atoms with Gasteiger partial charge in [0, 0.05) is 12.1 Å². The Morgan fingerprint density at radius 2 is 2.07 bits per heavy atom. The normalized spacial score (nSPS) is 10.6. The van der Waals surface area contributed by atoms with Crippen LogP contribution in [0.2, 0.25) is 10.0 Å². The van der Waals surface area contributed by atoms with Crippen molar-refractivity contribution in [3.05, 3.63) is 40.3 Å². The Balaban J connectivity index is 2.45. The maximum atomic E-state index is 5.89. The number of hydrogen-bond acceptors (Lipinski definition) is 2. The Morgan fingerprint density at radius 1 is 1.27 bits per heavy atom. The summed E-state index contributed by atoms with van der Waals surface area (Å²) in [6, 6.07) is 1.78. The van der Waals surface area contributed by atoms with Crippen LogP contribution < -0.4 is 0 Å². The molecule has 78 valence electrons. The van der Waals surface area contributed by atoms with Gasteiger partial charge in [0.1, 0.15) is 0 Å². The third-order valence-electron chi connectivity index (χ3n) is 1.85. The van der Waals surface area contributed by atoms with Gasteiger partial charge in [-0.1, -0.05) is 23.2 Å². The molecular formula is C9H6Cl3N3. The Morgan fingerprint density at radius 3 is 2.67 bits per heavy atom. The highest BCUT2D eigenvalue weighted by molar-refractivity contribution is 6.32. The van der Waals surface area contributed by atoms with Gasteiger partial charge in [-0.15, -0.1) is 11.6 Å². The first kappa shape index (κ1) is 10.7. The van der Waals surface area contributed by atoms with Crippen LogP contribution in [0, 0.1) is 0 Å². The molecule has 6 heteroatoms. The van der Waals surface area contributed by atoms with Crippen LogP contribution in [-0.4, -0.2) is 14.8 Å². The van der Waals surface area contributed by atoms with E-state index in [2.05, 4.69) is 10.1 Å². The molecule has 2 aromatic rings. The fourth-order valence-corrected chi connectivity index (χ4v) is 1.72. The summed E-state index contributed by atoms with van der Waals surface area (Å²) in [6.45, 7) is 0. The molecule has 0 spiro atoms. The fourth-order valence-electron chi connectivity index (χ4n) is 1.12. The fraction of sp³-hybridized carbons (Fsp3) is 0.111. The Hall–Kier alpha value is -0.770. The van der Waals surface area contributed by atoms with Gasteiger partial charge in [-0.2, -0.15) is 5.10 Å². The van der Waals surface area contributed by atoms with Gasteiger partial charge in [0.05, 0.1) is 22.4 Å². The van der Waals surface area contributed by atoms with Gasteiger partial charge in [0.2, 0.25) is 0 Å². The van der Waals surface area contributed by atoms with Crippen molar-refractivity contribution in [3.63, 3.8) is 0 Å². The van der Waals surface area contributed by atoms with Crippen molar-refractivity contribution in [2.75, 3.05) is 0 Å². The van der Waals surface area contributed by atoms with Crippen LogP contribution in [0.1, 0.15) is 5.56 Å². The minimum absolute atomic E-state index is 0.337. The lowest BCUT2D eigenvalue weighted by Crippen LogP contribution is -1.98. The van der Waals surface area contributed by atoms with E-state index in [0.717, 1.165) is 5.56 Å². The molecular weight excluding hydrogens is 256 g/mol. The molecule has 0 aliphatic rings. The van der Waals surface area contributed by atoms with Gasteiger partial charge < -0.3 is 0 Å². The smallest absolute Gasteiger partial charge is 0.153 e. The average molecular weight is 263 g/mol. The van der Waals surface area contributed by atoms with Crippen molar-refractivity contribution in [1.29, 1.82) is 0 Å². The predicted octanol–water partition coefficient (Wildman–Crippen LogP) is 3.31. The van der Waals surface area contributed by atoms with E-state index < -0.39 is 0 Å². The van der Waals surface area contributed by atoms with E-state index in [9.17, 15) is 0 Å². The molecule has 2 aromatic heterocycles. The first-order valence-electron chi connectivity index (χ1n) is 4.11. The maximum Gasteiger partial charge on any atom is 0.153 e. The molecule has 0 saturated carbocycles. The third kappa shape index (κ3) is 2.25. The minimum atomic E-state index is 0.337. The largest absolute Gasteiger partial charge is 0.236 e. The SMILES string of the molecule is ClCc1cc(-n2cc(Cl)cn2)ncc1Cl. The lowest BCUT2D eigenvalue weighted by Gasteiger charge is -2.03. The van der Waals surface area contributed by atoms with E-state index in [0.29, 0.717) is 21.7 Å². The number of nitrogens with zero attached hydrogens (tertiary/aromatic N) is 3. The van der Waals surface area contributed by atoms with Crippen LogP contribution in [0.15, 0.2) is 24.7 Å². The summed E-state index contributed by atoms with van der Waals surface area (Å²) in [6.07, 6.45) is 4.75. The zero-order valence-electron chi connectivity index (χ0n) is 7.49. The van der Waals surface area contributed by atoms with Crippen LogP contribution in [-0.2, 0) is 5.88 Å². The molecule has 2 rings (SSSR count). The minimum Gasteiger partial charge on any atom is -0.236 e. The zero-order valence-corrected chi connectivity index (χ0v) is 9.76. The lowest BCUT2D eigenvalue weighted by molar-refractivity contribution is 0.844. The summed E-state index contributed by atoms with van der Waals surface area (Å²) < 4.78 is 1.56. The standard InChI is InChI=1S/C9H6Cl3N3/c10-2-6-1-9(13-4-8(6)12)15-5-7(11)3-14-15/h1,3-5H,2H2. The van der Waals surface area contributed by atoms with E-state index in [4.69, 9.17) is 34.8 Å². The quantitative estimate of drug-likeness (QED) is 0.777. The Labute approximate surface area is 102 Å². The Kier molecular flexibility index (Phi) is 3.14. The van der Waals surface area contributed by atoms with Crippen LogP contribution in [0.5, 0.6) is 0 Å². The number of pyridine rings is 1. The molecule has 0 atom stereocenters. The van der Waals surface area contributed by atoms with Crippen molar-refractivity contribution >= 4 is 34.8 Å². The zero-order chi connectivity index (χ0) is 10.8. The van der Waals surface area contributed by atoms with Crippen molar-refractivity contribution in [2.24, 2.45) is 0 Å². The monoisotopic (exact) mass is 261 g/mol. The van der Waals surface area contributed by atoms with Gasteiger partial charge in [-0.25, -0.2) is 9.67 Å². The van der Waals surface area contributed by atoms with Gasteiger partial charge in [-0.05, 0) is 11.6 Å². The number of rotatable bonds is 2. The molecule has 0 aliphatic carbocycles. The van der Waals surface area contributed by atoms with E-state index in [-0.39, 0.29) is 0 Å². The first-order valence-corrected chi connectivity index (χ1v) is 5.40. The Bertz CT molecular complexity index is 481. The van der Waals surface area contributed by atoms with Gasteiger partial charge in [0.15, 0.2) is 5.82 Å². The second-order valence-electron chi connectivity index (χ2n) is 2.87. The van der Waals surface area contributed by atoms with Crippen LogP contribution >= 0.6 is 34.8 Å². The van der Waals surface area contributed by atoms with Crippen molar-refractivity contribution in [1.82, 2.24) is 14.8 Å². The highest BCUT2D eigenvalue weighted by Crippen LogP contribution is 2.19.